The van der Waals surface area contributed by atoms with Crippen LogP contribution < -0.4 is 5.32 Å². The maximum Gasteiger partial charge on any atom is 0.130 e. The summed E-state index contributed by atoms with van der Waals surface area (Å²) in [5.74, 6) is -1.10. The average Bonchev–Trinajstić information content (AvgIpc) is 2.45. The van der Waals surface area contributed by atoms with Crippen molar-refractivity contribution in [3.8, 4) is 6.07 Å². The van der Waals surface area contributed by atoms with Crippen molar-refractivity contribution in [2.24, 2.45) is 0 Å². The summed E-state index contributed by atoms with van der Waals surface area (Å²) in [5, 5.41) is 11.8. The van der Waals surface area contributed by atoms with E-state index in [0.717, 1.165) is 5.56 Å². The van der Waals surface area contributed by atoms with Gasteiger partial charge in [0.1, 0.15) is 11.6 Å². The van der Waals surface area contributed by atoms with Crippen LogP contribution in [0.2, 0.25) is 0 Å². The van der Waals surface area contributed by atoms with Crippen LogP contribution in [0.1, 0.15) is 29.7 Å². The molecule has 1 N–H and O–H groups in total. The van der Waals surface area contributed by atoms with Crippen LogP contribution in [0, 0.1) is 23.0 Å². The Morgan fingerprint density at radius 3 is 2.25 bits per heavy atom. The van der Waals surface area contributed by atoms with E-state index in [1.54, 1.807) is 19.1 Å². The summed E-state index contributed by atoms with van der Waals surface area (Å²) < 4.78 is 27.2. The minimum atomic E-state index is -0.551. The largest absolute Gasteiger partial charge is 0.306 e. The Morgan fingerprint density at radius 2 is 1.70 bits per heavy atom. The lowest BCUT2D eigenvalue weighted by molar-refractivity contribution is 0.487. The fourth-order valence-electron chi connectivity index (χ4n) is 1.99. The zero-order valence-corrected chi connectivity index (χ0v) is 11.0. The van der Waals surface area contributed by atoms with Gasteiger partial charge in [-0.2, -0.15) is 5.26 Å². The van der Waals surface area contributed by atoms with Crippen molar-refractivity contribution in [3.63, 3.8) is 0 Å². The van der Waals surface area contributed by atoms with Crippen LogP contribution in [0.3, 0.4) is 0 Å². The molecule has 0 aliphatic carbocycles. The molecule has 4 heteroatoms. The molecule has 0 aliphatic rings. The summed E-state index contributed by atoms with van der Waals surface area (Å²) in [5.41, 5.74) is 1.58. The number of benzene rings is 2. The fraction of sp³-hybridized carbons (Fsp3) is 0.188. The minimum absolute atomic E-state index is 0.0427. The fourth-order valence-corrected chi connectivity index (χ4v) is 1.99. The lowest BCUT2D eigenvalue weighted by Crippen LogP contribution is -2.20. The summed E-state index contributed by atoms with van der Waals surface area (Å²) in [4.78, 5) is 0. The van der Waals surface area contributed by atoms with Crippen LogP contribution in [0.5, 0.6) is 0 Å². The van der Waals surface area contributed by atoms with Crippen LogP contribution in [0.4, 0.5) is 8.78 Å². The molecule has 0 spiro atoms. The zero-order chi connectivity index (χ0) is 14.5. The molecule has 0 heterocycles. The van der Waals surface area contributed by atoms with E-state index in [4.69, 9.17) is 5.26 Å². The number of halogens is 2. The highest BCUT2D eigenvalue weighted by Crippen LogP contribution is 2.20. The first-order valence-electron chi connectivity index (χ1n) is 6.28. The van der Waals surface area contributed by atoms with Gasteiger partial charge < -0.3 is 5.32 Å². The standard InChI is InChI=1S/C16H14F2N2/c1-11(16-14(17)3-2-4-15(16)18)20-10-13-7-5-12(9-19)6-8-13/h2-8,11,20H,10H2,1H3. The van der Waals surface area contributed by atoms with Crippen molar-refractivity contribution in [1.82, 2.24) is 5.32 Å². The van der Waals surface area contributed by atoms with Gasteiger partial charge in [-0.3, -0.25) is 0 Å². The van der Waals surface area contributed by atoms with Gasteiger partial charge in [-0.15, -0.1) is 0 Å². The van der Waals surface area contributed by atoms with E-state index in [-0.39, 0.29) is 5.56 Å². The predicted octanol–water partition coefficient (Wildman–Crippen LogP) is 3.69. The number of rotatable bonds is 4. The van der Waals surface area contributed by atoms with Gasteiger partial charge >= 0.3 is 0 Å². The zero-order valence-electron chi connectivity index (χ0n) is 11.0. The monoisotopic (exact) mass is 272 g/mol. The topological polar surface area (TPSA) is 35.8 Å². The van der Waals surface area contributed by atoms with Crippen molar-refractivity contribution in [1.29, 1.82) is 5.26 Å². The molecule has 0 aliphatic heterocycles. The van der Waals surface area contributed by atoms with Gasteiger partial charge in [-0.25, -0.2) is 8.78 Å². The molecule has 2 aromatic rings. The lowest BCUT2D eigenvalue weighted by Gasteiger charge is -2.15. The summed E-state index contributed by atoms with van der Waals surface area (Å²) >= 11 is 0. The van der Waals surface area contributed by atoms with Crippen LogP contribution in [0.25, 0.3) is 0 Å². The Balaban J connectivity index is 2.05. The molecule has 20 heavy (non-hydrogen) atoms. The van der Waals surface area contributed by atoms with Gasteiger partial charge in [0, 0.05) is 18.2 Å². The van der Waals surface area contributed by atoms with Crippen molar-refractivity contribution < 1.29 is 8.78 Å². The summed E-state index contributed by atoms with van der Waals surface area (Å²) in [6.07, 6.45) is 0. The molecule has 102 valence electrons. The van der Waals surface area contributed by atoms with Crippen LogP contribution in [0.15, 0.2) is 42.5 Å². The smallest absolute Gasteiger partial charge is 0.130 e. The Hall–Kier alpha value is -2.25. The maximum absolute atomic E-state index is 13.6. The number of nitrogens with zero attached hydrogens (tertiary/aromatic N) is 1. The maximum atomic E-state index is 13.6. The third-order valence-electron chi connectivity index (χ3n) is 3.13. The Labute approximate surface area is 116 Å². The highest BCUT2D eigenvalue weighted by Gasteiger charge is 2.15. The van der Waals surface area contributed by atoms with Crippen molar-refractivity contribution in [2.45, 2.75) is 19.5 Å². The molecule has 0 radical (unpaired) electrons. The molecule has 2 nitrogen and oxygen atoms in total. The molecular weight excluding hydrogens is 258 g/mol. The number of nitrogens with one attached hydrogen (secondary N) is 1. The van der Waals surface area contributed by atoms with E-state index in [9.17, 15) is 8.78 Å². The van der Waals surface area contributed by atoms with E-state index in [1.807, 2.05) is 18.2 Å². The van der Waals surface area contributed by atoms with Gasteiger partial charge in [0.25, 0.3) is 0 Å². The highest BCUT2D eigenvalue weighted by atomic mass is 19.1. The summed E-state index contributed by atoms with van der Waals surface area (Å²) in [7, 11) is 0. The molecule has 0 amide bonds. The third-order valence-corrected chi connectivity index (χ3v) is 3.13. The Morgan fingerprint density at radius 1 is 1.10 bits per heavy atom. The highest BCUT2D eigenvalue weighted by molar-refractivity contribution is 5.31. The number of nitriles is 1. The lowest BCUT2D eigenvalue weighted by atomic mass is 10.1. The first-order chi connectivity index (χ1) is 9.61. The minimum Gasteiger partial charge on any atom is -0.306 e. The molecule has 2 rings (SSSR count). The van der Waals surface area contributed by atoms with Crippen molar-refractivity contribution >= 4 is 0 Å². The number of hydrogen-bond donors (Lipinski definition) is 1. The van der Waals surface area contributed by atoms with Gasteiger partial charge in [-0.1, -0.05) is 18.2 Å². The van der Waals surface area contributed by atoms with E-state index in [0.29, 0.717) is 12.1 Å². The molecular formula is C16H14F2N2. The van der Waals surface area contributed by atoms with Crippen LogP contribution in [-0.4, -0.2) is 0 Å². The van der Waals surface area contributed by atoms with E-state index >= 15 is 0 Å². The summed E-state index contributed by atoms with van der Waals surface area (Å²) in [6.45, 7) is 2.19. The van der Waals surface area contributed by atoms with Gasteiger partial charge in [-0.05, 0) is 36.8 Å². The van der Waals surface area contributed by atoms with Gasteiger partial charge in [0.05, 0.1) is 11.6 Å². The van der Waals surface area contributed by atoms with E-state index < -0.39 is 17.7 Å². The predicted molar refractivity (Wildman–Crippen MR) is 72.8 cm³/mol. The average molecular weight is 272 g/mol. The number of hydrogen-bond acceptors (Lipinski definition) is 2. The SMILES string of the molecule is CC(NCc1ccc(C#N)cc1)c1c(F)cccc1F. The molecule has 2 aromatic carbocycles. The summed E-state index contributed by atoms with van der Waals surface area (Å²) in [6, 6.07) is 12.5. The van der Waals surface area contributed by atoms with Gasteiger partial charge in [0.2, 0.25) is 0 Å². The van der Waals surface area contributed by atoms with Crippen molar-refractivity contribution in [2.75, 3.05) is 0 Å². The van der Waals surface area contributed by atoms with E-state index in [1.165, 1.54) is 18.2 Å². The molecule has 1 atom stereocenters. The van der Waals surface area contributed by atoms with Crippen LogP contribution in [-0.2, 0) is 6.54 Å². The second-order valence-corrected chi connectivity index (χ2v) is 4.55. The second-order valence-electron chi connectivity index (χ2n) is 4.55. The molecule has 0 aromatic heterocycles. The molecule has 0 saturated carbocycles. The molecule has 0 fully saturated rings. The second kappa shape index (κ2) is 6.27. The van der Waals surface area contributed by atoms with Gasteiger partial charge in [0.15, 0.2) is 0 Å². The first-order valence-corrected chi connectivity index (χ1v) is 6.28. The molecule has 1 unspecified atom stereocenters. The quantitative estimate of drug-likeness (QED) is 0.921. The van der Waals surface area contributed by atoms with Crippen LogP contribution >= 0.6 is 0 Å². The molecule has 0 bridgehead atoms. The Bertz CT molecular complexity index is 610. The first kappa shape index (κ1) is 14.2. The van der Waals surface area contributed by atoms with E-state index in [2.05, 4.69) is 5.32 Å². The van der Waals surface area contributed by atoms with Crippen molar-refractivity contribution in [3.05, 3.63) is 70.8 Å². The molecule has 0 saturated heterocycles. The normalized spacial score (nSPS) is 11.9. The third kappa shape index (κ3) is 3.19. The Kier molecular flexibility index (Phi) is 4.44.